The molecule has 2 atom stereocenters. The average molecular weight is 297 g/mol. The lowest BCUT2D eigenvalue weighted by Gasteiger charge is -2.33. The molecular weight excluding hydrogens is 262 g/mol. The fourth-order valence-corrected chi connectivity index (χ4v) is 3.33. The van der Waals surface area contributed by atoms with E-state index < -0.39 is 0 Å². The molecule has 0 aromatic rings. The van der Waals surface area contributed by atoms with Crippen LogP contribution in [0.2, 0.25) is 0 Å². The van der Waals surface area contributed by atoms with E-state index in [0.29, 0.717) is 23.9 Å². The summed E-state index contributed by atoms with van der Waals surface area (Å²) in [6, 6.07) is 1.05. The maximum atomic E-state index is 12.6. The third-order valence-corrected chi connectivity index (χ3v) is 4.37. The number of nitrogens with one attached hydrogen (secondary N) is 1. The predicted octanol–water partition coefficient (Wildman–Crippen LogP) is 2.69. The Bertz CT molecular complexity index is 320. The van der Waals surface area contributed by atoms with Crippen molar-refractivity contribution in [3.63, 3.8) is 0 Å². The summed E-state index contributed by atoms with van der Waals surface area (Å²) >= 11 is 0. The van der Waals surface area contributed by atoms with Gasteiger partial charge in [-0.05, 0) is 46.5 Å². The standard InChI is InChI=1S/C17H35N3O/c1-8-16-18-15(11-12(2)3)17(21)20(16)10-9-19(13(4)5)14(6)7/h12-16,18H,8-11H2,1-7H3. The van der Waals surface area contributed by atoms with Gasteiger partial charge < -0.3 is 4.90 Å². The van der Waals surface area contributed by atoms with E-state index in [1.54, 1.807) is 0 Å². The van der Waals surface area contributed by atoms with E-state index in [4.69, 9.17) is 0 Å². The summed E-state index contributed by atoms with van der Waals surface area (Å²) < 4.78 is 0. The molecule has 1 heterocycles. The van der Waals surface area contributed by atoms with Gasteiger partial charge in [0.2, 0.25) is 5.91 Å². The zero-order chi connectivity index (χ0) is 16.2. The largest absolute Gasteiger partial charge is 0.325 e. The van der Waals surface area contributed by atoms with Crippen molar-refractivity contribution in [2.45, 2.75) is 85.6 Å². The van der Waals surface area contributed by atoms with Crippen molar-refractivity contribution in [3.05, 3.63) is 0 Å². The molecule has 0 aliphatic carbocycles. The summed E-state index contributed by atoms with van der Waals surface area (Å²) in [5.41, 5.74) is 0. The van der Waals surface area contributed by atoms with Crippen LogP contribution in [-0.4, -0.2) is 53.1 Å². The maximum Gasteiger partial charge on any atom is 0.241 e. The molecule has 0 spiro atoms. The molecule has 1 rings (SSSR count). The third-order valence-electron chi connectivity index (χ3n) is 4.37. The van der Waals surface area contributed by atoms with Gasteiger partial charge in [-0.25, -0.2) is 0 Å². The summed E-state index contributed by atoms with van der Waals surface area (Å²) in [6.45, 7) is 17.2. The molecule has 0 radical (unpaired) electrons. The molecule has 21 heavy (non-hydrogen) atoms. The van der Waals surface area contributed by atoms with Gasteiger partial charge in [0, 0.05) is 25.2 Å². The Morgan fingerprint density at radius 2 is 1.71 bits per heavy atom. The van der Waals surface area contributed by atoms with Crippen molar-refractivity contribution >= 4 is 5.91 Å². The number of amides is 1. The van der Waals surface area contributed by atoms with Crippen LogP contribution in [0.15, 0.2) is 0 Å². The van der Waals surface area contributed by atoms with Crippen molar-refractivity contribution in [1.29, 1.82) is 0 Å². The SMILES string of the molecule is CCC1NC(CC(C)C)C(=O)N1CCN(C(C)C)C(C)C. The Hall–Kier alpha value is -0.610. The molecule has 4 nitrogen and oxygen atoms in total. The molecule has 124 valence electrons. The summed E-state index contributed by atoms with van der Waals surface area (Å²) in [4.78, 5) is 17.1. The van der Waals surface area contributed by atoms with Gasteiger partial charge in [-0.2, -0.15) is 0 Å². The molecule has 0 bridgehead atoms. The van der Waals surface area contributed by atoms with Crippen molar-refractivity contribution in [1.82, 2.24) is 15.1 Å². The molecule has 1 aliphatic rings. The van der Waals surface area contributed by atoms with Crippen LogP contribution in [0.5, 0.6) is 0 Å². The maximum absolute atomic E-state index is 12.6. The quantitative estimate of drug-likeness (QED) is 0.748. The molecular formula is C17H35N3O. The van der Waals surface area contributed by atoms with Gasteiger partial charge >= 0.3 is 0 Å². The van der Waals surface area contributed by atoms with Crippen LogP contribution in [0.3, 0.4) is 0 Å². The molecule has 1 saturated heterocycles. The van der Waals surface area contributed by atoms with Gasteiger partial charge in [0.1, 0.15) is 0 Å². The van der Waals surface area contributed by atoms with Gasteiger partial charge in [0.05, 0.1) is 12.2 Å². The topological polar surface area (TPSA) is 35.6 Å². The van der Waals surface area contributed by atoms with E-state index >= 15 is 0 Å². The van der Waals surface area contributed by atoms with Gasteiger partial charge in [-0.15, -0.1) is 0 Å². The summed E-state index contributed by atoms with van der Waals surface area (Å²) in [7, 11) is 0. The van der Waals surface area contributed by atoms with Crippen LogP contribution >= 0.6 is 0 Å². The highest BCUT2D eigenvalue weighted by Gasteiger charge is 2.37. The van der Waals surface area contributed by atoms with Gasteiger partial charge in [-0.1, -0.05) is 20.8 Å². The monoisotopic (exact) mass is 297 g/mol. The minimum Gasteiger partial charge on any atom is -0.325 e. The summed E-state index contributed by atoms with van der Waals surface area (Å²) in [6.07, 6.45) is 2.12. The zero-order valence-corrected chi connectivity index (χ0v) is 15.0. The van der Waals surface area contributed by atoms with Crippen LogP contribution in [0, 0.1) is 5.92 Å². The fourth-order valence-electron chi connectivity index (χ4n) is 3.33. The van der Waals surface area contributed by atoms with Crippen LogP contribution in [0.4, 0.5) is 0 Å². The Morgan fingerprint density at radius 3 is 2.14 bits per heavy atom. The number of nitrogens with zero attached hydrogens (tertiary/aromatic N) is 2. The lowest BCUT2D eigenvalue weighted by atomic mass is 10.0. The molecule has 1 fully saturated rings. The second kappa shape index (κ2) is 8.14. The first-order chi connectivity index (χ1) is 9.77. The smallest absolute Gasteiger partial charge is 0.241 e. The Morgan fingerprint density at radius 1 is 1.14 bits per heavy atom. The van der Waals surface area contributed by atoms with Crippen LogP contribution in [0.1, 0.15) is 61.3 Å². The normalized spacial score (nSPS) is 23.4. The van der Waals surface area contributed by atoms with Crippen LogP contribution < -0.4 is 5.32 Å². The average Bonchev–Trinajstić information content (AvgIpc) is 2.65. The number of hydrogen-bond acceptors (Lipinski definition) is 3. The Kier molecular flexibility index (Phi) is 7.14. The lowest BCUT2D eigenvalue weighted by molar-refractivity contribution is -0.130. The zero-order valence-electron chi connectivity index (χ0n) is 15.0. The van der Waals surface area contributed by atoms with Crippen molar-refractivity contribution in [3.8, 4) is 0 Å². The summed E-state index contributed by atoms with van der Waals surface area (Å²) in [5, 5.41) is 3.51. The highest BCUT2D eigenvalue weighted by Crippen LogP contribution is 2.19. The van der Waals surface area contributed by atoms with Gasteiger partial charge in [-0.3, -0.25) is 15.0 Å². The molecule has 1 aliphatic heterocycles. The van der Waals surface area contributed by atoms with E-state index in [9.17, 15) is 4.79 Å². The number of carbonyl (C=O) groups excluding carboxylic acids is 1. The molecule has 1 amide bonds. The molecule has 0 saturated carbocycles. The minimum absolute atomic E-state index is 0.0153. The lowest BCUT2D eigenvalue weighted by Crippen LogP contribution is -2.46. The second-order valence-corrected chi connectivity index (χ2v) is 7.23. The van der Waals surface area contributed by atoms with E-state index in [0.717, 1.165) is 25.9 Å². The highest BCUT2D eigenvalue weighted by atomic mass is 16.2. The molecule has 0 aromatic heterocycles. The van der Waals surface area contributed by atoms with Crippen LogP contribution in [-0.2, 0) is 4.79 Å². The van der Waals surface area contributed by atoms with Crippen LogP contribution in [0.25, 0.3) is 0 Å². The number of carbonyl (C=O) groups is 1. The fraction of sp³-hybridized carbons (Fsp3) is 0.941. The highest BCUT2D eigenvalue weighted by molar-refractivity contribution is 5.84. The van der Waals surface area contributed by atoms with E-state index in [2.05, 4.69) is 63.6 Å². The van der Waals surface area contributed by atoms with Crippen molar-refractivity contribution in [2.24, 2.45) is 5.92 Å². The van der Waals surface area contributed by atoms with Crippen molar-refractivity contribution in [2.75, 3.05) is 13.1 Å². The third kappa shape index (κ3) is 4.96. The first-order valence-electron chi connectivity index (χ1n) is 8.60. The molecule has 0 aromatic carbocycles. The van der Waals surface area contributed by atoms with Gasteiger partial charge in [0.25, 0.3) is 0 Å². The molecule has 4 heteroatoms. The number of rotatable bonds is 8. The number of hydrogen-bond donors (Lipinski definition) is 1. The second-order valence-electron chi connectivity index (χ2n) is 7.23. The molecule has 2 unspecified atom stereocenters. The summed E-state index contributed by atoms with van der Waals surface area (Å²) in [5.74, 6) is 0.842. The van der Waals surface area contributed by atoms with Crippen molar-refractivity contribution < 1.29 is 4.79 Å². The van der Waals surface area contributed by atoms with E-state index in [-0.39, 0.29) is 12.2 Å². The first kappa shape index (κ1) is 18.4. The minimum atomic E-state index is 0.0153. The van der Waals surface area contributed by atoms with Gasteiger partial charge in [0.15, 0.2) is 0 Å². The van der Waals surface area contributed by atoms with E-state index in [1.165, 1.54) is 0 Å². The first-order valence-corrected chi connectivity index (χ1v) is 8.60. The Balaban J connectivity index is 2.65. The molecule has 1 N–H and O–H groups in total. The van der Waals surface area contributed by atoms with E-state index in [1.807, 2.05) is 0 Å². The predicted molar refractivity (Wildman–Crippen MR) is 89.1 cm³/mol. The Labute approximate surface area is 131 Å².